The first kappa shape index (κ1) is 22.4. The summed E-state index contributed by atoms with van der Waals surface area (Å²) in [5.74, 6) is -3.72. The van der Waals surface area contributed by atoms with E-state index in [0.717, 1.165) is 12.0 Å². The highest BCUT2D eigenvalue weighted by Crippen LogP contribution is 2.45. The number of hydrogen-bond acceptors (Lipinski definition) is 4. The van der Waals surface area contributed by atoms with Gasteiger partial charge in [-0.05, 0) is 18.9 Å². The second-order valence-corrected chi connectivity index (χ2v) is 6.73. The minimum absolute atomic E-state index is 0.186. The summed E-state index contributed by atoms with van der Waals surface area (Å²) in [6.45, 7) is 2.83. The van der Waals surface area contributed by atoms with Gasteiger partial charge in [0.1, 0.15) is 5.57 Å². The smallest absolute Gasteiger partial charge is 0.425 e. The van der Waals surface area contributed by atoms with Gasteiger partial charge in [-0.25, -0.2) is 4.79 Å². The van der Waals surface area contributed by atoms with Crippen molar-refractivity contribution in [2.24, 2.45) is 0 Å². The lowest BCUT2D eigenvalue weighted by Gasteiger charge is -2.33. The Morgan fingerprint density at radius 3 is 2.34 bits per heavy atom. The van der Waals surface area contributed by atoms with Crippen LogP contribution in [0.15, 0.2) is 41.6 Å². The molecule has 1 unspecified atom stereocenters. The average molecular weight is 412 g/mol. The van der Waals surface area contributed by atoms with E-state index in [-0.39, 0.29) is 18.7 Å². The van der Waals surface area contributed by atoms with Gasteiger partial charge in [0.25, 0.3) is 5.91 Å². The van der Waals surface area contributed by atoms with Crippen molar-refractivity contribution in [3.8, 4) is 0 Å². The van der Waals surface area contributed by atoms with Crippen molar-refractivity contribution in [2.75, 3.05) is 7.11 Å². The molecule has 0 bridgehead atoms. The summed E-state index contributed by atoms with van der Waals surface area (Å²) in [7, 11) is 0.924. The minimum Gasteiger partial charge on any atom is -0.466 e. The lowest BCUT2D eigenvalue weighted by Crippen LogP contribution is -2.66. The zero-order chi connectivity index (χ0) is 21.8. The molecule has 29 heavy (non-hydrogen) atoms. The molecule has 0 aromatic heterocycles. The van der Waals surface area contributed by atoms with Gasteiger partial charge in [0.15, 0.2) is 0 Å². The highest BCUT2D eigenvalue weighted by atomic mass is 19.4. The molecule has 9 heteroatoms. The maximum absolute atomic E-state index is 14.3. The number of esters is 1. The van der Waals surface area contributed by atoms with Crippen LogP contribution in [-0.4, -0.2) is 41.5 Å². The van der Waals surface area contributed by atoms with Crippen LogP contribution in [0.5, 0.6) is 0 Å². The molecule has 1 aliphatic rings. The predicted molar refractivity (Wildman–Crippen MR) is 98.2 cm³/mol. The summed E-state index contributed by atoms with van der Waals surface area (Å²) in [5.41, 5.74) is -4.04. The Labute approximate surface area is 166 Å². The molecular formula is C20H23F3N2O4. The average Bonchev–Trinajstić information content (AvgIpc) is 2.88. The van der Waals surface area contributed by atoms with Gasteiger partial charge in [-0.15, -0.1) is 0 Å². The van der Waals surface area contributed by atoms with Gasteiger partial charge >= 0.3 is 12.1 Å². The third kappa shape index (κ3) is 4.13. The Hall–Kier alpha value is -2.84. The van der Waals surface area contributed by atoms with Crippen molar-refractivity contribution >= 4 is 17.8 Å². The predicted octanol–water partition coefficient (Wildman–Crippen LogP) is 3.08. The van der Waals surface area contributed by atoms with E-state index in [9.17, 15) is 27.6 Å². The molecule has 1 aromatic rings. The number of carbonyl (C=O) groups excluding carboxylic acids is 3. The van der Waals surface area contributed by atoms with E-state index in [1.807, 2.05) is 5.32 Å². The number of nitrogens with one attached hydrogen (secondary N) is 1. The number of allylic oxidation sites excluding steroid dienone is 1. The third-order valence-corrected chi connectivity index (χ3v) is 4.79. The Balaban J connectivity index is 2.58. The molecule has 1 N–H and O–H groups in total. The molecule has 0 radical (unpaired) electrons. The number of methoxy groups -OCH3 is 1. The van der Waals surface area contributed by atoms with Crippen LogP contribution in [0.2, 0.25) is 0 Å². The lowest BCUT2D eigenvalue weighted by molar-refractivity contribution is -0.196. The van der Waals surface area contributed by atoms with E-state index < -0.39 is 35.1 Å². The van der Waals surface area contributed by atoms with Crippen molar-refractivity contribution in [3.05, 3.63) is 47.2 Å². The number of unbranched alkanes of at least 4 members (excludes halogenated alkanes) is 1. The fraction of sp³-hybridized carbons (Fsp3) is 0.450. The van der Waals surface area contributed by atoms with E-state index in [4.69, 9.17) is 0 Å². The van der Waals surface area contributed by atoms with Crippen molar-refractivity contribution < 1.29 is 32.3 Å². The molecule has 6 nitrogen and oxygen atoms in total. The summed E-state index contributed by atoms with van der Waals surface area (Å²) in [5, 5.41) is 1.81. The highest BCUT2D eigenvalue weighted by molar-refractivity contribution is 6.10. The Morgan fingerprint density at radius 1 is 1.21 bits per heavy atom. The SMILES string of the molecule is CCCCC(=O)NC1(C(F)(F)F)C(=O)N(Cc2ccccc2)C(C)=C1C(=O)OC. The fourth-order valence-electron chi connectivity index (χ4n) is 3.29. The van der Waals surface area contributed by atoms with Gasteiger partial charge in [0.2, 0.25) is 11.4 Å². The van der Waals surface area contributed by atoms with Gasteiger partial charge in [0, 0.05) is 12.1 Å². The van der Waals surface area contributed by atoms with Crippen LogP contribution in [0.25, 0.3) is 0 Å². The van der Waals surface area contributed by atoms with Gasteiger partial charge in [-0.1, -0.05) is 43.7 Å². The van der Waals surface area contributed by atoms with Crippen molar-refractivity contribution in [1.29, 1.82) is 0 Å². The summed E-state index contributed by atoms with van der Waals surface area (Å²) < 4.78 is 47.4. The molecule has 1 atom stereocenters. The number of halogens is 3. The maximum Gasteiger partial charge on any atom is 0.425 e. The standard InChI is InChI=1S/C20H23F3N2O4/c1-4-5-11-15(26)24-19(20(21,22)23)16(17(27)29-3)13(2)25(18(19)28)12-14-9-7-6-8-10-14/h6-10H,4-5,11-12H2,1-3H3,(H,24,26). The quantitative estimate of drug-likeness (QED) is 0.699. The molecule has 0 spiro atoms. The molecule has 0 saturated carbocycles. The molecule has 2 rings (SSSR count). The summed E-state index contributed by atoms with van der Waals surface area (Å²) in [6.07, 6.45) is -4.52. The van der Waals surface area contributed by atoms with E-state index in [1.165, 1.54) is 6.92 Å². The van der Waals surface area contributed by atoms with Crippen LogP contribution < -0.4 is 5.32 Å². The van der Waals surface area contributed by atoms with Gasteiger partial charge in [0.05, 0.1) is 13.7 Å². The normalized spacial score (nSPS) is 19.5. The highest BCUT2D eigenvalue weighted by Gasteiger charge is 2.70. The molecule has 0 fully saturated rings. The van der Waals surface area contributed by atoms with Crippen LogP contribution in [0, 0.1) is 0 Å². The van der Waals surface area contributed by atoms with E-state index in [1.54, 1.807) is 37.3 Å². The first-order chi connectivity index (χ1) is 13.6. The van der Waals surface area contributed by atoms with E-state index >= 15 is 0 Å². The fourth-order valence-corrected chi connectivity index (χ4v) is 3.29. The summed E-state index contributed by atoms with van der Waals surface area (Å²) in [6, 6.07) is 8.38. The lowest BCUT2D eigenvalue weighted by atomic mass is 9.89. The second-order valence-electron chi connectivity index (χ2n) is 6.73. The number of ether oxygens (including phenoxy) is 1. The Bertz CT molecular complexity index is 821. The molecule has 0 aliphatic carbocycles. The molecule has 1 aliphatic heterocycles. The molecule has 158 valence electrons. The number of nitrogens with zero attached hydrogens (tertiary/aromatic N) is 1. The zero-order valence-corrected chi connectivity index (χ0v) is 16.4. The number of amides is 2. The second kappa shape index (κ2) is 8.67. The number of rotatable bonds is 7. The van der Waals surface area contributed by atoms with Gasteiger partial charge in [-0.2, -0.15) is 13.2 Å². The van der Waals surface area contributed by atoms with Crippen LogP contribution in [-0.2, 0) is 25.7 Å². The summed E-state index contributed by atoms with van der Waals surface area (Å²) >= 11 is 0. The van der Waals surface area contributed by atoms with E-state index in [2.05, 4.69) is 4.74 Å². The number of hydrogen-bond donors (Lipinski definition) is 1. The largest absolute Gasteiger partial charge is 0.466 e. The van der Waals surface area contributed by atoms with Gasteiger partial charge in [-0.3, -0.25) is 9.59 Å². The van der Waals surface area contributed by atoms with Crippen LogP contribution in [0.1, 0.15) is 38.7 Å². The first-order valence-corrected chi connectivity index (χ1v) is 9.13. The molecule has 1 aromatic carbocycles. The molecule has 0 saturated heterocycles. The zero-order valence-electron chi connectivity index (χ0n) is 16.4. The molecule has 1 heterocycles. The first-order valence-electron chi connectivity index (χ1n) is 9.13. The van der Waals surface area contributed by atoms with E-state index in [0.29, 0.717) is 18.4 Å². The van der Waals surface area contributed by atoms with Crippen LogP contribution in [0.4, 0.5) is 13.2 Å². The minimum atomic E-state index is -5.25. The monoisotopic (exact) mass is 412 g/mol. The number of benzene rings is 1. The summed E-state index contributed by atoms with van der Waals surface area (Å²) in [4.78, 5) is 38.5. The third-order valence-electron chi connectivity index (χ3n) is 4.79. The van der Waals surface area contributed by atoms with Crippen molar-refractivity contribution in [2.45, 2.75) is 51.4 Å². The molecule has 2 amide bonds. The van der Waals surface area contributed by atoms with Crippen LogP contribution >= 0.6 is 0 Å². The van der Waals surface area contributed by atoms with Crippen LogP contribution in [0.3, 0.4) is 0 Å². The molecular weight excluding hydrogens is 389 g/mol. The topological polar surface area (TPSA) is 75.7 Å². The maximum atomic E-state index is 14.3. The number of alkyl halides is 3. The Morgan fingerprint density at radius 2 is 1.83 bits per heavy atom. The Kier molecular flexibility index (Phi) is 6.71. The van der Waals surface area contributed by atoms with Gasteiger partial charge < -0.3 is 15.0 Å². The number of carbonyl (C=O) groups is 3. The van der Waals surface area contributed by atoms with Crippen molar-refractivity contribution in [3.63, 3.8) is 0 Å². The van der Waals surface area contributed by atoms with Crippen molar-refractivity contribution in [1.82, 2.24) is 10.2 Å².